The molecule has 1 saturated carbocycles. The van der Waals surface area contributed by atoms with Crippen LogP contribution in [-0.4, -0.2) is 14.0 Å². The Bertz CT molecular complexity index is 608. The summed E-state index contributed by atoms with van der Waals surface area (Å²) in [6, 6.07) is 2.35. The lowest BCUT2D eigenvalue weighted by Gasteiger charge is -2.34. The summed E-state index contributed by atoms with van der Waals surface area (Å²) in [6.45, 7) is 3.49. The largest absolute Gasteiger partial charge is 0.396 e. The quantitative estimate of drug-likeness (QED) is 0.843. The molecule has 2 rings (SSSR count). The topological polar surface area (TPSA) is 72.2 Å². The maximum Gasteiger partial charge on any atom is 0.241 e. The Morgan fingerprint density at radius 3 is 2.45 bits per heavy atom. The predicted molar refractivity (Wildman–Crippen MR) is 77.4 cm³/mol. The van der Waals surface area contributed by atoms with Gasteiger partial charge in [0.05, 0.1) is 10.6 Å². The number of benzene rings is 1. The van der Waals surface area contributed by atoms with Crippen LogP contribution in [0.5, 0.6) is 0 Å². The molecule has 0 bridgehead atoms. The van der Waals surface area contributed by atoms with Crippen LogP contribution < -0.4 is 10.5 Å². The molecule has 1 aliphatic carbocycles. The summed E-state index contributed by atoms with van der Waals surface area (Å²) in [5, 5.41) is 0. The average Bonchev–Trinajstić information content (AvgIpc) is 2.33. The fourth-order valence-electron chi connectivity index (χ4n) is 2.77. The lowest BCUT2D eigenvalue weighted by Crippen LogP contribution is -2.47. The predicted octanol–water partition coefficient (Wildman–Crippen LogP) is 2.72. The minimum atomic E-state index is -3.68. The first-order valence-electron chi connectivity index (χ1n) is 6.83. The van der Waals surface area contributed by atoms with E-state index < -0.39 is 21.4 Å². The SMILES string of the molecule is Cc1cc(F)c(N)cc1S(=O)(=O)NC1(C)CCCCC1. The van der Waals surface area contributed by atoms with Crippen molar-refractivity contribution in [2.45, 2.75) is 56.4 Å². The molecule has 0 spiro atoms. The monoisotopic (exact) mass is 300 g/mol. The van der Waals surface area contributed by atoms with Gasteiger partial charge in [-0.1, -0.05) is 19.3 Å². The van der Waals surface area contributed by atoms with Crippen molar-refractivity contribution in [3.63, 3.8) is 0 Å². The number of nitrogen functional groups attached to an aromatic ring is 1. The molecule has 0 unspecified atom stereocenters. The van der Waals surface area contributed by atoms with Gasteiger partial charge >= 0.3 is 0 Å². The summed E-state index contributed by atoms with van der Waals surface area (Å²) in [7, 11) is -3.68. The highest BCUT2D eigenvalue weighted by Crippen LogP contribution is 2.30. The minimum Gasteiger partial charge on any atom is -0.396 e. The van der Waals surface area contributed by atoms with E-state index in [-0.39, 0.29) is 10.6 Å². The van der Waals surface area contributed by atoms with Gasteiger partial charge in [-0.15, -0.1) is 0 Å². The molecule has 4 nitrogen and oxygen atoms in total. The van der Waals surface area contributed by atoms with E-state index in [0.29, 0.717) is 5.56 Å². The molecule has 0 amide bonds. The van der Waals surface area contributed by atoms with E-state index in [1.165, 1.54) is 6.07 Å². The second kappa shape index (κ2) is 5.33. The van der Waals surface area contributed by atoms with E-state index >= 15 is 0 Å². The summed E-state index contributed by atoms with van der Waals surface area (Å²) >= 11 is 0. The van der Waals surface area contributed by atoms with Crippen molar-refractivity contribution < 1.29 is 12.8 Å². The van der Waals surface area contributed by atoms with E-state index in [9.17, 15) is 12.8 Å². The fraction of sp³-hybridized carbons (Fsp3) is 0.571. The minimum absolute atomic E-state index is 0.0585. The van der Waals surface area contributed by atoms with Gasteiger partial charge in [-0.05, 0) is 44.4 Å². The third-order valence-electron chi connectivity index (χ3n) is 3.92. The highest BCUT2D eigenvalue weighted by molar-refractivity contribution is 7.89. The Hall–Kier alpha value is -1.14. The number of sulfonamides is 1. The molecule has 3 N–H and O–H groups in total. The molecule has 0 atom stereocenters. The normalized spacial score (nSPS) is 18.9. The van der Waals surface area contributed by atoms with E-state index in [1.807, 2.05) is 6.92 Å². The number of nitrogens with one attached hydrogen (secondary N) is 1. The highest BCUT2D eigenvalue weighted by Gasteiger charge is 2.32. The molecule has 1 aromatic carbocycles. The van der Waals surface area contributed by atoms with Crippen LogP contribution in [0.2, 0.25) is 0 Å². The van der Waals surface area contributed by atoms with Crippen LogP contribution in [0.4, 0.5) is 10.1 Å². The lowest BCUT2D eigenvalue weighted by molar-refractivity contribution is 0.294. The van der Waals surface area contributed by atoms with Crippen LogP contribution >= 0.6 is 0 Å². The van der Waals surface area contributed by atoms with Crippen molar-refractivity contribution in [3.8, 4) is 0 Å². The third-order valence-corrected chi connectivity index (χ3v) is 5.70. The van der Waals surface area contributed by atoms with E-state index in [0.717, 1.165) is 38.2 Å². The maximum absolute atomic E-state index is 13.3. The van der Waals surface area contributed by atoms with Crippen LogP contribution in [-0.2, 0) is 10.0 Å². The molecule has 0 saturated heterocycles. The molecule has 1 aromatic rings. The molecular formula is C14H21FN2O2S. The molecule has 0 aromatic heterocycles. The molecule has 0 heterocycles. The summed E-state index contributed by atoms with van der Waals surface area (Å²) < 4.78 is 41.1. The van der Waals surface area contributed by atoms with Gasteiger partial charge in [-0.2, -0.15) is 0 Å². The van der Waals surface area contributed by atoms with Crippen LogP contribution in [0.1, 0.15) is 44.6 Å². The molecule has 1 fully saturated rings. The number of hydrogen-bond acceptors (Lipinski definition) is 3. The molecule has 1 aliphatic rings. The first-order valence-corrected chi connectivity index (χ1v) is 8.31. The Morgan fingerprint density at radius 1 is 1.25 bits per heavy atom. The molecule has 112 valence electrons. The first kappa shape index (κ1) is 15.3. The van der Waals surface area contributed by atoms with Crippen molar-refractivity contribution in [2.24, 2.45) is 0 Å². The second-order valence-corrected chi connectivity index (χ2v) is 7.52. The summed E-state index contributed by atoms with van der Waals surface area (Å²) in [5.74, 6) is -0.592. The van der Waals surface area contributed by atoms with Crippen LogP contribution in [0.3, 0.4) is 0 Å². The number of hydrogen-bond donors (Lipinski definition) is 2. The molecule has 6 heteroatoms. The standard InChI is InChI=1S/C14H21FN2O2S/c1-10-8-11(15)12(16)9-13(10)20(18,19)17-14(2)6-4-3-5-7-14/h8-9,17H,3-7,16H2,1-2H3. The van der Waals surface area contributed by atoms with Crippen molar-refractivity contribution in [2.75, 3.05) is 5.73 Å². The van der Waals surface area contributed by atoms with Crippen LogP contribution in [0, 0.1) is 12.7 Å². The zero-order valence-electron chi connectivity index (χ0n) is 11.9. The fourth-order valence-corrected chi connectivity index (χ4v) is 4.50. The maximum atomic E-state index is 13.3. The van der Waals surface area contributed by atoms with Gasteiger partial charge < -0.3 is 5.73 Å². The zero-order valence-corrected chi connectivity index (χ0v) is 12.7. The average molecular weight is 300 g/mol. The van der Waals surface area contributed by atoms with Gasteiger partial charge in [0, 0.05) is 5.54 Å². The number of anilines is 1. The Morgan fingerprint density at radius 2 is 1.85 bits per heavy atom. The van der Waals surface area contributed by atoms with Crippen molar-refractivity contribution in [1.82, 2.24) is 4.72 Å². The van der Waals surface area contributed by atoms with Crippen molar-refractivity contribution >= 4 is 15.7 Å². The summed E-state index contributed by atoms with van der Waals surface area (Å²) in [4.78, 5) is 0.0585. The molecule has 0 aliphatic heterocycles. The van der Waals surface area contributed by atoms with E-state index in [2.05, 4.69) is 4.72 Å². The number of halogens is 1. The zero-order chi connectivity index (χ0) is 15.0. The lowest BCUT2D eigenvalue weighted by atomic mass is 9.84. The highest BCUT2D eigenvalue weighted by atomic mass is 32.2. The van der Waals surface area contributed by atoms with E-state index in [4.69, 9.17) is 5.73 Å². The number of rotatable bonds is 3. The third kappa shape index (κ3) is 3.12. The Balaban J connectivity index is 2.33. The Kier molecular flexibility index (Phi) is 4.07. The van der Waals surface area contributed by atoms with Crippen molar-refractivity contribution in [3.05, 3.63) is 23.5 Å². The van der Waals surface area contributed by atoms with Gasteiger partial charge in [0.25, 0.3) is 0 Å². The van der Waals surface area contributed by atoms with Crippen LogP contribution in [0.25, 0.3) is 0 Å². The van der Waals surface area contributed by atoms with Crippen molar-refractivity contribution in [1.29, 1.82) is 0 Å². The first-order chi connectivity index (χ1) is 9.23. The van der Waals surface area contributed by atoms with Gasteiger partial charge in [0.1, 0.15) is 5.82 Å². The smallest absolute Gasteiger partial charge is 0.241 e. The van der Waals surface area contributed by atoms with Crippen LogP contribution in [0.15, 0.2) is 17.0 Å². The number of aryl methyl sites for hydroxylation is 1. The Labute approximate surface area is 119 Å². The summed E-state index contributed by atoms with van der Waals surface area (Å²) in [5.41, 5.74) is 5.28. The van der Waals surface area contributed by atoms with Gasteiger partial charge in [-0.25, -0.2) is 17.5 Å². The number of nitrogens with two attached hydrogens (primary N) is 1. The van der Waals surface area contributed by atoms with E-state index in [1.54, 1.807) is 6.92 Å². The van der Waals surface area contributed by atoms with Gasteiger partial charge in [0.15, 0.2) is 0 Å². The van der Waals surface area contributed by atoms with Gasteiger partial charge in [0.2, 0.25) is 10.0 Å². The van der Waals surface area contributed by atoms with Gasteiger partial charge in [-0.3, -0.25) is 0 Å². The summed E-state index contributed by atoms with van der Waals surface area (Å²) in [6.07, 6.45) is 4.82. The molecular weight excluding hydrogens is 279 g/mol. The second-order valence-electron chi connectivity index (χ2n) is 5.87. The molecule has 20 heavy (non-hydrogen) atoms. The molecule has 0 radical (unpaired) electrons.